The second-order valence-corrected chi connectivity index (χ2v) is 6.52. The van der Waals surface area contributed by atoms with Gasteiger partial charge in [-0.1, -0.05) is 11.6 Å². The van der Waals surface area contributed by atoms with Crippen LogP contribution in [0.5, 0.6) is 5.75 Å². The molecule has 0 aliphatic carbocycles. The molecule has 3 aromatic rings. The van der Waals surface area contributed by atoms with Gasteiger partial charge in [0.15, 0.2) is 0 Å². The number of aromatic nitrogens is 1. The van der Waals surface area contributed by atoms with Gasteiger partial charge >= 0.3 is 6.09 Å². The number of amides is 1. The largest absolute Gasteiger partial charge is 0.507 e. The molecule has 0 bridgehead atoms. The lowest BCUT2D eigenvalue weighted by molar-refractivity contribution is 0.150. The van der Waals surface area contributed by atoms with Gasteiger partial charge in [-0.3, -0.25) is 0 Å². The predicted octanol–water partition coefficient (Wildman–Crippen LogP) is 4.05. The van der Waals surface area contributed by atoms with Crippen LogP contribution in [0.15, 0.2) is 54.6 Å². The number of pyridine rings is 1. The van der Waals surface area contributed by atoms with Gasteiger partial charge < -0.3 is 26.2 Å². The molecule has 1 aromatic heterocycles. The molecular weight excluding hydrogens is 380 g/mol. The van der Waals surface area contributed by atoms with Crippen molar-refractivity contribution >= 4 is 34.9 Å². The SMILES string of the molecule is CN(c1ccc(Cl)cc1)c1ccc(O)c(-c2ccc(COC(N)=O)c(N)n2)c1. The van der Waals surface area contributed by atoms with E-state index in [9.17, 15) is 9.90 Å². The topological polar surface area (TPSA) is 115 Å². The molecule has 3 rings (SSSR count). The van der Waals surface area contributed by atoms with Gasteiger partial charge in [0.25, 0.3) is 0 Å². The van der Waals surface area contributed by atoms with Crippen LogP contribution in [0, 0.1) is 0 Å². The smallest absolute Gasteiger partial charge is 0.404 e. The molecule has 8 heteroatoms. The first kappa shape index (κ1) is 19.3. The quantitative estimate of drug-likeness (QED) is 0.597. The Morgan fingerprint density at radius 3 is 2.46 bits per heavy atom. The highest BCUT2D eigenvalue weighted by Crippen LogP contribution is 2.35. The molecule has 1 heterocycles. The van der Waals surface area contributed by atoms with Gasteiger partial charge in [-0.15, -0.1) is 0 Å². The number of carbonyl (C=O) groups is 1. The summed E-state index contributed by atoms with van der Waals surface area (Å²) in [6.07, 6.45) is -0.890. The van der Waals surface area contributed by atoms with Crippen LogP contribution in [0.25, 0.3) is 11.3 Å². The molecule has 5 N–H and O–H groups in total. The zero-order valence-corrected chi connectivity index (χ0v) is 15.8. The number of halogens is 1. The summed E-state index contributed by atoms with van der Waals surface area (Å²) in [6, 6.07) is 16.0. The number of nitrogens with two attached hydrogens (primary N) is 2. The lowest BCUT2D eigenvalue weighted by Crippen LogP contribution is -2.13. The van der Waals surface area contributed by atoms with E-state index in [-0.39, 0.29) is 18.2 Å². The van der Waals surface area contributed by atoms with Crippen molar-refractivity contribution in [3.63, 3.8) is 0 Å². The molecule has 0 saturated carbocycles. The molecule has 2 aromatic carbocycles. The first-order valence-corrected chi connectivity index (χ1v) is 8.73. The summed E-state index contributed by atoms with van der Waals surface area (Å²) in [5.74, 6) is 0.260. The third-order valence-electron chi connectivity index (χ3n) is 4.24. The molecule has 0 aliphatic heterocycles. The van der Waals surface area contributed by atoms with Crippen molar-refractivity contribution in [3.05, 3.63) is 65.2 Å². The van der Waals surface area contributed by atoms with Gasteiger partial charge in [-0.05, 0) is 54.6 Å². The van der Waals surface area contributed by atoms with E-state index in [1.807, 2.05) is 42.3 Å². The number of phenols is 1. The van der Waals surface area contributed by atoms with E-state index in [4.69, 9.17) is 27.8 Å². The summed E-state index contributed by atoms with van der Waals surface area (Å²) in [4.78, 5) is 17.0. The van der Waals surface area contributed by atoms with Crippen molar-refractivity contribution < 1.29 is 14.6 Å². The number of nitrogens with zero attached hydrogens (tertiary/aromatic N) is 2. The van der Waals surface area contributed by atoms with Crippen LogP contribution < -0.4 is 16.4 Å². The molecule has 0 saturated heterocycles. The Balaban J connectivity index is 1.92. The van der Waals surface area contributed by atoms with Crippen LogP contribution in [0.4, 0.5) is 22.0 Å². The second kappa shape index (κ2) is 8.06. The van der Waals surface area contributed by atoms with E-state index >= 15 is 0 Å². The van der Waals surface area contributed by atoms with Gasteiger partial charge in [-0.2, -0.15) is 0 Å². The summed E-state index contributed by atoms with van der Waals surface area (Å²) >= 11 is 5.95. The van der Waals surface area contributed by atoms with E-state index < -0.39 is 6.09 Å². The maximum absolute atomic E-state index is 10.7. The Morgan fingerprint density at radius 1 is 1.14 bits per heavy atom. The number of benzene rings is 2. The van der Waals surface area contributed by atoms with Gasteiger partial charge in [0, 0.05) is 34.6 Å². The minimum Gasteiger partial charge on any atom is -0.507 e. The van der Waals surface area contributed by atoms with Crippen molar-refractivity contribution in [2.75, 3.05) is 17.7 Å². The average Bonchev–Trinajstić information content (AvgIpc) is 2.67. The number of nitrogen functional groups attached to an aromatic ring is 1. The van der Waals surface area contributed by atoms with Gasteiger partial charge in [0.1, 0.15) is 18.2 Å². The average molecular weight is 399 g/mol. The number of rotatable bonds is 5. The van der Waals surface area contributed by atoms with Crippen LogP contribution >= 0.6 is 11.6 Å². The molecule has 1 amide bonds. The minimum absolute atomic E-state index is 0.0697. The number of hydrogen-bond donors (Lipinski definition) is 3. The highest BCUT2D eigenvalue weighted by Gasteiger charge is 2.13. The van der Waals surface area contributed by atoms with E-state index in [1.54, 1.807) is 24.3 Å². The number of hydrogen-bond acceptors (Lipinski definition) is 6. The lowest BCUT2D eigenvalue weighted by Gasteiger charge is -2.21. The Bertz CT molecular complexity index is 1010. The van der Waals surface area contributed by atoms with Crippen LogP contribution in [-0.2, 0) is 11.3 Å². The molecular formula is C20H19ClN4O3. The van der Waals surface area contributed by atoms with Crippen molar-refractivity contribution in [2.24, 2.45) is 5.73 Å². The summed E-state index contributed by atoms with van der Waals surface area (Å²) in [5, 5.41) is 11.0. The van der Waals surface area contributed by atoms with Crippen LogP contribution in [0.2, 0.25) is 5.02 Å². The van der Waals surface area contributed by atoms with E-state index in [1.165, 1.54) is 0 Å². The molecule has 7 nitrogen and oxygen atoms in total. The highest BCUT2D eigenvalue weighted by atomic mass is 35.5. The van der Waals surface area contributed by atoms with Gasteiger partial charge in [0.05, 0.1) is 5.69 Å². The summed E-state index contributed by atoms with van der Waals surface area (Å²) in [5.41, 5.74) is 14.2. The van der Waals surface area contributed by atoms with Crippen LogP contribution in [0.3, 0.4) is 0 Å². The van der Waals surface area contributed by atoms with Crippen molar-refractivity contribution in [3.8, 4) is 17.0 Å². The Hall–Kier alpha value is -3.45. The number of ether oxygens (including phenoxy) is 1. The molecule has 0 radical (unpaired) electrons. The first-order chi connectivity index (χ1) is 13.3. The zero-order chi connectivity index (χ0) is 20.3. The highest BCUT2D eigenvalue weighted by molar-refractivity contribution is 6.30. The van der Waals surface area contributed by atoms with E-state index in [2.05, 4.69) is 4.98 Å². The Labute approximate surface area is 167 Å². The van der Waals surface area contributed by atoms with Crippen molar-refractivity contribution in [1.82, 2.24) is 4.98 Å². The number of aromatic hydroxyl groups is 1. The van der Waals surface area contributed by atoms with Gasteiger partial charge in [0.2, 0.25) is 0 Å². The lowest BCUT2D eigenvalue weighted by atomic mass is 10.1. The molecule has 0 aliphatic rings. The monoisotopic (exact) mass is 398 g/mol. The van der Waals surface area contributed by atoms with E-state index in [0.717, 1.165) is 11.4 Å². The van der Waals surface area contributed by atoms with Crippen LogP contribution in [0.1, 0.15) is 5.56 Å². The fraction of sp³-hybridized carbons (Fsp3) is 0.100. The standard InChI is InChI=1S/C20H19ClN4O3/c1-25(14-5-3-13(21)4-6-14)15-7-9-18(26)16(10-15)17-8-2-12(19(22)24-17)11-28-20(23)27/h2-10,26H,11H2,1H3,(H2,22,24)(H2,23,27). The summed E-state index contributed by atoms with van der Waals surface area (Å²) in [7, 11) is 1.91. The van der Waals surface area contributed by atoms with Crippen molar-refractivity contribution in [2.45, 2.75) is 6.61 Å². The molecule has 0 unspecified atom stereocenters. The Morgan fingerprint density at radius 2 is 1.82 bits per heavy atom. The molecule has 144 valence electrons. The normalized spacial score (nSPS) is 10.5. The molecule has 0 atom stereocenters. The summed E-state index contributed by atoms with van der Waals surface area (Å²) < 4.78 is 4.74. The first-order valence-electron chi connectivity index (χ1n) is 8.35. The third-order valence-corrected chi connectivity index (χ3v) is 4.49. The molecule has 0 fully saturated rings. The van der Waals surface area contributed by atoms with Gasteiger partial charge in [-0.25, -0.2) is 9.78 Å². The fourth-order valence-corrected chi connectivity index (χ4v) is 2.80. The van der Waals surface area contributed by atoms with Crippen LogP contribution in [-0.4, -0.2) is 23.2 Å². The molecule has 28 heavy (non-hydrogen) atoms. The Kier molecular flexibility index (Phi) is 5.56. The number of phenolic OH excluding ortho intramolecular Hbond substituents is 1. The number of carbonyl (C=O) groups excluding carboxylic acids is 1. The maximum Gasteiger partial charge on any atom is 0.404 e. The molecule has 0 spiro atoms. The third kappa shape index (κ3) is 4.27. The van der Waals surface area contributed by atoms with Crippen molar-refractivity contribution in [1.29, 1.82) is 0 Å². The number of anilines is 3. The number of primary amides is 1. The second-order valence-electron chi connectivity index (χ2n) is 6.09. The fourth-order valence-electron chi connectivity index (χ4n) is 2.68. The predicted molar refractivity (Wildman–Crippen MR) is 110 cm³/mol. The summed E-state index contributed by atoms with van der Waals surface area (Å²) in [6.45, 7) is -0.0697. The van der Waals surface area contributed by atoms with E-state index in [0.29, 0.717) is 21.8 Å². The zero-order valence-electron chi connectivity index (χ0n) is 15.1. The minimum atomic E-state index is -0.890. The maximum atomic E-state index is 10.7.